The smallest absolute Gasteiger partial charge is 0.543 e. The third-order valence-electron chi connectivity index (χ3n) is 6.37. The minimum absolute atomic E-state index is 0. The number of carboxylic acid groups (broad SMARTS) is 1. The molecule has 9 nitrogen and oxygen atoms in total. The van der Waals surface area contributed by atoms with Gasteiger partial charge in [-0.05, 0) is 24.4 Å². The fourth-order valence-corrected chi connectivity index (χ4v) is 7.62. The largest absolute Gasteiger partial charge is 1.00 e. The van der Waals surface area contributed by atoms with Crippen molar-refractivity contribution in [3.63, 3.8) is 0 Å². The van der Waals surface area contributed by atoms with Gasteiger partial charge in [0.15, 0.2) is 10.2 Å². The number of hydrogen-bond donors (Lipinski definition) is 2. The molecule has 35 heavy (non-hydrogen) atoms. The molecule has 0 bridgehead atoms. The van der Waals surface area contributed by atoms with Gasteiger partial charge in [0.2, 0.25) is 5.91 Å². The van der Waals surface area contributed by atoms with Gasteiger partial charge in [-0.25, -0.2) is 4.98 Å². The predicted octanol–water partition coefficient (Wildman–Crippen LogP) is -1.92. The van der Waals surface area contributed by atoms with E-state index in [0.29, 0.717) is 18.2 Å². The maximum absolute atomic E-state index is 12.5. The number of aliphatic hydroxyl groups is 1. The molecule has 2 fully saturated rings. The quantitative estimate of drug-likeness (QED) is 0.153. The van der Waals surface area contributed by atoms with E-state index < -0.39 is 18.0 Å². The van der Waals surface area contributed by atoms with Crippen LogP contribution in [0.25, 0.3) is 0 Å². The molecule has 5 rings (SSSR count). The molecule has 0 radical (unpaired) electrons. The molecule has 0 unspecified atom stereocenters. The number of carbonyl (C=O) groups excluding carboxylic acids is 2. The zero-order valence-corrected chi connectivity index (χ0v) is 24.1. The Hall–Kier alpha value is -1.12. The minimum Gasteiger partial charge on any atom is -0.543 e. The number of thiazole rings is 1. The Morgan fingerprint density at radius 3 is 2.86 bits per heavy atom. The second-order valence-electron chi connectivity index (χ2n) is 8.67. The van der Waals surface area contributed by atoms with E-state index in [0.717, 1.165) is 29.0 Å². The third kappa shape index (κ3) is 5.17. The second-order valence-corrected chi connectivity index (χ2v) is 11.8. The van der Waals surface area contributed by atoms with Crippen LogP contribution < -0.4 is 49.6 Å². The maximum atomic E-state index is 12.5. The molecule has 0 saturated carbocycles. The normalized spacial score (nSPS) is 24.5. The summed E-state index contributed by atoms with van der Waals surface area (Å²) in [6.45, 7) is 6.04. The number of thioether (sulfide) groups is 1. The van der Waals surface area contributed by atoms with Gasteiger partial charge in [-0.2, -0.15) is 0 Å². The number of nitrogens with zero attached hydrogens (tertiary/aromatic N) is 3. The number of nitrogens with one attached hydrogen (secondary N) is 1. The summed E-state index contributed by atoms with van der Waals surface area (Å²) < 4.78 is 5.59. The van der Waals surface area contributed by atoms with Crippen LogP contribution in [0.15, 0.2) is 33.5 Å². The first-order valence-corrected chi connectivity index (χ1v) is 13.7. The van der Waals surface area contributed by atoms with Crippen LogP contribution in [0, 0.1) is 11.8 Å². The first-order chi connectivity index (χ1) is 16.3. The molecule has 3 aliphatic rings. The van der Waals surface area contributed by atoms with E-state index in [4.69, 9.17) is 4.74 Å². The Balaban J connectivity index is 0.00000289. The van der Waals surface area contributed by atoms with E-state index in [9.17, 15) is 19.8 Å². The standard InChI is InChI=1S/C22H26N4O5S3.Na/c1-11-17-16(12(2)27)20(28)26(17)18(21(29)30)19(11)34-14-7-25(8-14)22-24-13(9-33-22)6-23-10-31-15-4-3-5-32-15;/h3-5,9,11-12,14,16-17,23,27H,6-8,10H2,1-2H3,(H,29,30);/q;+1/p-1/t11-,12-,16-,17-;/m1./s1. The molecular weight excluding hydrogens is 519 g/mol. The van der Waals surface area contributed by atoms with Crippen molar-refractivity contribution in [2.24, 2.45) is 11.8 Å². The molecule has 182 valence electrons. The van der Waals surface area contributed by atoms with Gasteiger partial charge in [0, 0.05) is 41.1 Å². The topological polar surface area (TPSA) is 118 Å². The predicted molar refractivity (Wildman–Crippen MR) is 129 cm³/mol. The number of thiophene rings is 1. The number of amides is 1. The van der Waals surface area contributed by atoms with Crippen LogP contribution in [0.1, 0.15) is 19.5 Å². The number of rotatable bonds is 10. The summed E-state index contributed by atoms with van der Waals surface area (Å²) in [6, 6.07) is 3.56. The molecule has 3 aliphatic heterocycles. The Labute approximate surface area is 237 Å². The van der Waals surface area contributed by atoms with Crippen LogP contribution in [0.3, 0.4) is 0 Å². The zero-order chi connectivity index (χ0) is 24.0. The molecule has 1 amide bonds. The average molecular weight is 545 g/mol. The molecular formula is C22H25N4NaO5S3. The van der Waals surface area contributed by atoms with Gasteiger partial charge in [-0.3, -0.25) is 10.1 Å². The van der Waals surface area contributed by atoms with Crippen LogP contribution in [0.4, 0.5) is 5.13 Å². The summed E-state index contributed by atoms with van der Waals surface area (Å²) >= 11 is 4.65. The summed E-state index contributed by atoms with van der Waals surface area (Å²) in [6.07, 6.45) is -0.807. The summed E-state index contributed by atoms with van der Waals surface area (Å²) in [7, 11) is 0. The van der Waals surface area contributed by atoms with Gasteiger partial charge >= 0.3 is 29.6 Å². The molecule has 2 aromatic heterocycles. The van der Waals surface area contributed by atoms with E-state index in [2.05, 4.69) is 15.2 Å². The average Bonchev–Trinajstić information content (AvgIpc) is 3.47. The fourth-order valence-electron chi connectivity index (χ4n) is 4.69. The van der Waals surface area contributed by atoms with Crippen molar-refractivity contribution < 1.29 is 54.1 Å². The number of fused-ring (bicyclic) bond motifs is 1. The van der Waals surface area contributed by atoms with Crippen molar-refractivity contribution >= 4 is 51.4 Å². The Morgan fingerprint density at radius 1 is 1.43 bits per heavy atom. The zero-order valence-electron chi connectivity index (χ0n) is 19.7. The van der Waals surface area contributed by atoms with E-state index in [1.165, 1.54) is 16.7 Å². The number of aliphatic hydroxyl groups excluding tert-OH is 1. The number of aliphatic carboxylic acids is 1. The van der Waals surface area contributed by atoms with Crippen LogP contribution >= 0.6 is 34.4 Å². The molecule has 5 heterocycles. The first kappa shape index (κ1) is 26.9. The molecule has 0 spiro atoms. The number of carboxylic acids is 1. The van der Waals surface area contributed by atoms with E-state index >= 15 is 0 Å². The third-order valence-corrected chi connectivity index (χ3v) is 9.55. The molecule has 0 aliphatic carbocycles. The summed E-state index contributed by atoms with van der Waals surface area (Å²) in [5, 5.41) is 31.1. The summed E-state index contributed by atoms with van der Waals surface area (Å²) in [4.78, 5) is 33.2. The van der Waals surface area contributed by atoms with Gasteiger partial charge in [-0.15, -0.1) is 34.4 Å². The second kappa shape index (κ2) is 11.1. The van der Waals surface area contributed by atoms with Crippen molar-refractivity contribution in [3.05, 3.63) is 39.2 Å². The van der Waals surface area contributed by atoms with Gasteiger partial charge in [0.05, 0.1) is 35.4 Å². The molecule has 13 heteroatoms. The number of hydrogen-bond acceptors (Lipinski definition) is 11. The Kier molecular flexibility index (Phi) is 8.54. The van der Waals surface area contributed by atoms with Crippen LogP contribution in [0.2, 0.25) is 0 Å². The molecule has 2 saturated heterocycles. The van der Waals surface area contributed by atoms with Crippen LogP contribution in [-0.2, 0) is 16.1 Å². The first-order valence-electron chi connectivity index (χ1n) is 11.0. The fraction of sp³-hybridized carbons (Fsp3) is 0.500. The van der Waals surface area contributed by atoms with Gasteiger partial charge in [0.1, 0.15) is 6.73 Å². The van der Waals surface area contributed by atoms with Crippen molar-refractivity contribution in [1.29, 1.82) is 0 Å². The molecule has 4 atom stereocenters. The van der Waals surface area contributed by atoms with E-state index in [-0.39, 0.29) is 58.4 Å². The number of carbonyl (C=O) groups is 2. The van der Waals surface area contributed by atoms with Crippen LogP contribution in [-0.4, -0.2) is 64.1 Å². The summed E-state index contributed by atoms with van der Waals surface area (Å²) in [5.41, 5.74) is 0.930. The van der Waals surface area contributed by atoms with E-state index in [1.807, 2.05) is 29.8 Å². The van der Waals surface area contributed by atoms with Crippen molar-refractivity contribution in [1.82, 2.24) is 15.2 Å². The van der Waals surface area contributed by atoms with Gasteiger partial charge < -0.3 is 29.5 Å². The van der Waals surface area contributed by atoms with Crippen molar-refractivity contribution in [2.75, 3.05) is 24.7 Å². The monoisotopic (exact) mass is 544 g/mol. The Morgan fingerprint density at radius 2 is 2.20 bits per heavy atom. The number of aromatic nitrogens is 1. The molecule has 2 N–H and O–H groups in total. The number of ether oxygens (including phenoxy) is 1. The molecule has 2 aromatic rings. The number of anilines is 1. The van der Waals surface area contributed by atoms with Crippen molar-refractivity contribution in [2.45, 2.75) is 37.8 Å². The Bertz CT molecular complexity index is 1100. The molecule has 0 aromatic carbocycles. The van der Waals surface area contributed by atoms with Gasteiger partial charge in [-0.1, -0.05) is 6.92 Å². The maximum Gasteiger partial charge on any atom is 1.00 e. The minimum atomic E-state index is -1.33. The SMILES string of the molecule is C[C@@H](O)[C@H]1C(=O)N2C(C(=O)[O-])=C(SC3CN(c4nc(CNCOc5cccs5)cs4)C3)[C@H](C)[C@H]12.[Na+]. The summed E-state index contributed by atoms with van der Waals surface area (Å²) in [5.74, 6) is -2.36. The number of β-lactam (4-membered cyclic amide) rings is 1. The van der Waals surface area contributed by atoms with Crippen molar-refractivity contribution in [3.8, 4) is 5.06 Å². The van der Waals surface area contributed by atoms with E-state index in [1.54, 1.807) is 29.6 Å². The van der Waals surface area contributed by atoms with Crippen LogP contribution in [0.5, 0.6) is 5.06 Å². The van der Waals surface area contributed by atoms with Gasteiger partial charge in [0.25, 0.3) is 0 Å².